The number of hydrogen-bond donors (Lipinski definition) is 1. The summed E-state index contributed by atoms with van der Waals surface area (Å²) in [5.41, 5.74) is 0. The Kier molecular flexibility index (Phi) is 7.16. The molecule has 1 amide bonds. The predicted octanol–water partition coefficient (Wildman–Crippen LogP) is 2.51. The van der Waals surface area contributed by atoms with Crippen molar-refractivity contribution >= 4 is 5.91 Å². The van der Waals surface area contributed by atoms with Crippen LogP contribution in [0.5, 0.6) is 0 Å². The maximum atomic E-state index is 12.6. The number of carbonyl (C=O) groups is 1. The zero-order valence-corrected chi connectivity index (χ0v) is 14.5. The number of rotatable bonds is 6. The Morgan fingerprint density at radius 3 is 2.32 bits per heavy atom. The van der Waals surface area contributed by atoms with Gasteiger partial charge in [-0.05, 0) is 18.8 Å². The molecule has 2 rings (SSSR count). The zero-order valence-electron chi connectivity index (χ0n) is 14.5. The van der Waals surface area contributed by atoms with Crippen molar-refractivity contribution in [1.29, 1.82) is 0 Å². The molecule has 2 fully saturated rings. The van der Waals surface area contributed by atoms with E-state index in [0.29, 0.717) is 5.91 Å². The van der Waals surface area contributed by atoms with E-state index >= 15 is 0 Å². The summed E-state index contributed by atoms with van der Waals surface area (Å²) >= 11 is 0. The summed E-state index contributed by atoms with van der Waals surface area (Å²) in [6.07, 6.45) is 8.77. The first-order chi connectivity index (χ1) is 10.7. The van der Waals surface area contributed by atoms with E-state index in [1.54, 1.807) is 0 Å². The van der Waals surface area contributed by atoms with Gasteiger partial charge in [0.05, 0.1) is 6.61 Å². The third-order valence-corrected chi connectivity index (χ3v) is 5.66. The molecule has 0 bridgehead atoms. The van der Waals surface area contributed by atoms with Crippen molar-refractivity contribution in [2.45, 2.75) is 64.8 Å². The van der Waals surface area contributed by atoms with Gasteiger partial charge in [-0.3, -0.25) is 9.69 Å². The molecule has 1 N–H and O–H groups in total. The Bertz CT molecular complexity index is 330. The van der Waals surface area contributed by atoms with Gasteiger partial charge < -0.3 is 10.0 Å². The highest BCUT2D eigenvalue weighted by Gasteiger charge is 2.28. The second kappa shape index (κ2) is 8.88. The van der Waals surface area contributed by atoms with Gasteiger partial charge in [-0.2, -0.15) is 0 Å². The normalized spacial score (nSPS) is 24.2. The topological polar surface area (TPSA) is 43.8 Å². The molecule has 1 heterocycles. The standard InChI is InChI=1S/C18H34N2O2/c1-3-17(14-21)19-9-11-20(12-10-19)18(22)15(2)13-16-7-5-4-6-8-16/h15-17,21H,3-14H2,1-2H3. The molecule has 2 aliphatic rings. The minimum atomic E-state index is 0.175. The van der Waals surface area contributed by atoms with Crippen molar-refractivity contribution in [1.82, 2.24) is 9.80 Å². The summed E-state index contributed by atoms with van der Waals surface area (Å²) in [4.78, 5) is 17.0. The SMILES string of the molecule is CCC(CO)N1CCN(C(=O)C(C)CC2CCCCC2)CC1. The lowest BCUT2D eigenvalue weighted by atomic mass is 9.83. The van der Waals surface area contributed by atoms with Crippen LogP contribution < -0.4 is 0 Å². The van der Waals surface area contributed by atoms with E-state index in [-0.39, 0.29) is 18.6 Å². The van der Waals surface area contributed by atoms with Crippen molar-refractivity contribution in [3.8, 4) is 0 Å². The molecule has 1 saturated heterocycles. The summed E-state index contributed by atoms with van der Waals surface area (Å²) < 4.78 is 0. The molecule has 2 atom stereocenters. The lowest BCUT2D eigenvalue weighted by Gasteiger charge is -2.39. The third kappa shape index (κ3) is 4.69. The zero-order chi connectivity index (χ0) is 15.9. The van der Waals surface area contributed by atoms with Crippen molar-refractivity contribution in [3.63, 3.8) is 0 Å². The molecule has 22 heavy (non-hydrogen) atoms. The van der Waals surface area contributed by atoms with Crippen molar-refractivity contribution in [2.24, 2.45) is 11.8 Å². The number of nitrogens with zero attached hydrogens (tertiary/aromatic N) is 2. The molecular weight excluding hydrogens is 276 g/mol. The average Bonchev–Trinajstić information content (AvgIpc) is 2.57. The van der Waals surface area contributed by atoms with Gasteiger partial charge in [0.25, 0.3) is 0 Å². The number of hydrogen-bond acceptors (Lipinski definition) is 3. The van der Waals surface area contributed by atoms with E-state index in [1.807, 2.05) is 4.90 Å². The Labute approximate surface area is 135 Å². The molecule has 1 aliphatic heterocycles. The van der Waals surface area contributed by atoms with E-state index in [2.05, 4.69) is 18.7 Å². The Morgan fingerprint density at radius 1 is 1.14 bits per heavy atom. The van der Waals surface area contributed by atoms with Crippen LogP contribution in [0.1, 0.15) is 58.8 Å². The molecule has 0 aromatic heterocycles. The number of aliphatic hydroxyl groups excluding tert-OH is 1. The van der Waals surface area contributed by atoms with Gasteiger partial charge in [0, 0.05) is 38.1 Å². The van der Waals surface area contributed by atoms with Gasteiger partial charge in [0.2, 0.25) is 5.91 Å². The number of aliphatic hydroxyl groups is 1. The van der Waals surface area contributed by atoms with E-state index in [4.69, 9.17) is 0 Å². The van der Waals surface area contributed by atoms with Crippen molar-refractivity contribution < 1.29 is 9.90 Å². The Balaban J connectivity index is 1.76. The van der Waals surface area contributed by atoms with Gasteiger partial charge in [-0.25, -0.2) is 0 Å². The highest BCUT2D eigenvalue weighted by molar-refractivity contribution is 5.78. The fourth-order valence-electron chi connectivity index (χ4n) is 4.15. The quantitative estimate of drug-likeness (QED) is 0.820. The summed E-state index contributed by atoms with van der Waals surface area (Å²) in [6.45, 7) is 7.91. The Hall–Kier alpha value is -0.610. The molecule has 0 aromatic rings. The lowest BCUT2D eigenvalue weighted by molar-refractivity contribution is -0.137. The van der Waals surface area contributed by atoms with Crippen LogP contribution in [-0.4, -0.2) is 59.6 Å². The van der Waals surface area contributed by atoms with Crippen LogP contribution in [0.25, 0.3) is 0 Å². The molecule has 2 unspecified atom stereocenters. The fourth-order valence-corrected chi connectivity index (χ4v) is 4.15. The molecule has 4 heteroatoms. The van der Waals surface area contributed by atoms with Gasteiger partial charge in [0.15, 0.2) is 0 Å². The van der Waals surface area contributed by atoms with Crippen LogP contribution in [0.15, 0.2) is 0 Å². The van der Waals surface area contributed by atoms with Crippen LogP contribution >= 0.6 is 0 Å². The molecule has 128 valence electrons. The van der Waals surface area contributed by atoms with Crippen LogP contribution in [0.2, 0.25) is 0 Å². The summed E-state index contributed by atoms with van der Waals surface area (Å²) in [5.74, 6) is 1.30. The molecule has 0 spiro atoms. The molecule has 1 aliphatic carbocycles. The van der Waals surface area contributed by atoms with Gasteiger partial charge in [-0.15, -0.1) is 0 Å². The average molecular weight is 310 g/mol. The first-order valence-corrected chi connectivity index (χ1v) is 9.29. The number of amides is 1. The van der Waals surface area contributed by atoms with E-state index < -0.39 is 0 Å². The highest BCUT2D eigenvalue weighted by atomic mass is 16.3. The van der Waals surface area contributed by atoms with Crippen molar-refractivity contribution in [3.05, 3.63) is 0 Å². The molecular formula is C18H34N2O2. The van der Waals surface area contributed by atoms with Crippen LogP contribution in [0.4, 0.5) is 0 Å². The van der Waals surface area contributed by atoms with Crippen molar-refractivity contribution in [2.75, 3.05) is 32.8 Å². The van der Waals surface area contributed by atoms with Gasteiger partial charge >= 0.3 is 0 Å². The minimum absolute atomic E-state index is 0.175. The Morgan fingerprint density at radius 2 is 1.77 bits per heavy atom. The first kappa shape index (κ1) is 17.7. The van der Waals surface area contributed by atoms with E-state index in [1.165, 1.54) is 32.1 Å². The van der Waals surface area contributed by atoms with Gasteiger partial charge in [-0.1, -0.05) is 46.0 Å². The van der Waals surface area contributed by atoms with E-state index in [0.717, 1.165) is 44.9 Å². The number of piperazine rings is 1. The summed E-state index contributed by atoms with van der Waals surface area (Å²) in [6, 6.07) is 0.261. The minimum Gasteiger partial charge on any atom is -0.395 e. The molecule has 4 nitrogen and oxygen atoms in total. The molecule has 0 radical (unpaired) electrons. The maximum absolute atomic E-state index is 12.6. The maximum Gasteiger partial charge on any atom is 0.225 e. The lowest BCUT2D eigenvalue weighted by Crippen LogP contribution is -2.53. The summed E-state index contributed by atoms with van der Waals surface area (Å²) in [7, 11) is 0. The van der Waals surface area contributed by atoms with Crippen LogP contribution in [0.3, 0.4) is 0 Å². The van der Waals surface area contributed by atoms with Crippen LogP contribution in [0, 0.1) is 11.8 Å². The van der Waals surface area contributed by atoms with E-state index in [9.17, 15) is 9.90 Å². The smallest absolute Gasteiger partial charge is 0.225 e. The fraction of sp³-hybridized carbons (Fsp3) is 0.944. The van der Waals surface area contributed by atoms with Crippen LogP contribution in [-0.2, 0) is 4.79 Å². The summed E-state index contributed by atoms with van der Waals surface area (Å²) in [5, 5.41) is 9.40. The second-order valence-electron chi connectivity index (χ2n) is 7.25. The second-order valence-corrected chi connectivity index (χ2v) is 7.25. The first-order valence-electron chi connectivity index (χ1n) is 9.29. The predicted molar refractivity (Wildman–Crippen MR) is 89.7 cm³/mol. The highest BCUT2D eigenvalue weighted by Crippen LogP contribution is 2.29. The molecule has 0 aromatic carbocycles. The molecule has 1 saturated carbocycles. The van der Waals surface area contributed by atoms with Gasteiger partial charge in [0.1, 0.15) is 0 Å². The monoisotopic (exact) mass is 310 g/mol. The third-order valence-electron chi connectivity index (χ3n) is 5.66. The largest absolute Gasteiger partial charge is 0.395 e. The number of carbonyl (C=O) groups excluding carboxylic acids is 1.